The first kappa shape index (κ1) is 24.0. The summed E-state index contributed by atoms with van der Waals surface area (Å²) in [4.78, 5) is 13.8. The number of carbonyl (C=O) groups excluding carboxylic acids is 1. The van der Waals surface area contributed by atoms with Gasteiger partial charge < -0.3 is 10.1 Å². The van der Waals surface area contributed by atoms with E-state index in [0.29, 0.717) is 28.8 Å². The van der Waals surface area contributed by atoms with E-state index in [9.17, 15) is 13.2 Å². The van der Waals surface area contributed by atoms with Crippen molar-refractivity contribution in [3.05, 3.63) is 77.8 Å². The van der Waals surface area contributed by atoms with Crippen LogP contribution >= 0.6 is 23.4 Å². The van der Waals surface area contributed by atoms with E-state index in [1.54, 1.807) is 72.8 Å². The number of thioether (sulfide) groups is 1. The second-order valence-electron chi connectivity index (χ2n) is 6.67. The van der Waals surface area contributed by atoms with Gasteiger partial charge in [-0.25, -0.2) is 8.42 Å². The van der Waals surface area contributed by atoms with Crippen molar-refractivity contribution in [1.82, 2.24) is 0 Å². The maximum Gasteiger partial charge on any atom is 0.264 e. The van der Waals surface area contributed by atoms with Crippen LogP contribution in [0, 0.1) is 0 Å². The highest BCUT2D eigenvalue weighted by Crippen LogP contribution is 2.27. The number of carbonyl (C=O) groups is 1. The first-order valence-corrected chi connectivity index (χ1v) is 12.8. The lowest BCUT2D eigenvalue weighted by atomic mass is 10.3. The third kappa shape index (κ3) is 5.97. The highest BCUT2D eigenvalue weighted by atomic mass is 35.5. The molecular weight excluding hydrogens is 468 g/mol. The fraction of sp³-hybridized carbons (Fsp3) is 0.174. The molecule has 6 nitrogen and oxygen atoms in total. The molecule has 168 valence electrons. The molecule has 0 aliphatic rings. The van der Waals surface area contributed by atoms with E-state index in [-0.39, 0.29) is 4.90 Å². The van der Waals surface area contributed by atoms with E-state index in [1.807, 2.05) is 13.2 Å². The molecule has 0 unspecified atom stereocenters. The Morgan fingerprint density at radius 2 is 1.62 bits per heavy atom. The Kier molecular flexibility index (Phi) is 8.06. The molecule has 0 spiro atoms. The van der Waals surface area contributed by atoms with E-state index >= 15 is 0 Å². The molecule has 3 aromatic rings. The van der Waals surface area contributed by atoms with Crippen LogP contribution in [0.15, 0.2) is 82.6 Å². The Morgan fingerprint density at radius 1 is 1.00 bits per heavy atom. The standard InChI is InChI=1S/C23H23ClN2O4S2/c1-3-30-20-10-8-19(9-11-20)26(16-23(27)25-18-6-4-17(24)5-7-18)32(28,29)22-14-12-21(31-2)13-15-22/h4-15H,3,16H2,1-2H3,(H,25,27). The van der Waals surface area contributed by atoms with Crippen LogP contribution in [0.2, 0.25) is 5.02 Å². The van der Waals surface area contributed by atoms with Gasteiger partial charge in [-0.05, 0) is 86.0 Å². The third-order valence-corrected chi connectivity index (χ3v) is 7.28. The van der Waals surface area contributed by atoms with Crippen molar-refractivity contribution in [3.63, 3.8) is 0 Å². The van der Waals surface area contributed by atoms with Crippen LogP contribution in [-0.4, -0.2) is 33.7 Å². The number of halogens is 1. The van der Waals surface area contributed by atoms with Crippen molar-refractivity contribution in [2.24, 2.45) is 0 Å². The van der Waals surface area contributed by atoms with Crippen LogP contribution in [-0.2, 0) is 14.8 Å². The van der Waals surface area contributed by atoms with Crippen LogP contribution in [0.3, 0.4) is 0 Å². The predicted molar refractivity (Wildman–Crippen MR) is 130 cm³/mol. The molecular formula is C23H23ClN2O4S2. The SMILES string of the molecule is CCOc1ccc(N(CC(=O)Nc2ccc(Cl)cc2)S(=O)(=O)c2ccc(SC)cc2)cc1. The average Bonchev–Trinajstić information content (AvgIpc) is 2.80. The number of amides is 1. The molecule has 3 aromatic carbocycles. The molecule has 1 amide bonds. The van der Waals surface area contributed by atoms with Crippen molar-refractivity contribution in [3.8, 4) is 5.75 Å². The van der Waals surface area contributed by atoms with Gasteiger partial charge in [0.25, 0.3) is 10.0 Å². The van der Waals surface area contributed by atoms with Crippen molar-refractivity contribution in [1.29, 1.82) is 0 Å². The summed E-state index contributed by atoms with van der Waals surface area (Å²) in [7, 11) is -4.00. The van der Waals surface area contributed by atoms with Gasteiger partial charge in [0.05, 0.1) is 17.2 Å². The zero-order chi connectivity index (χ0) is 23.1. The molecule has 32 heavy (non-hydrogen) atoms. The number of nitrogens with one attached hydrogen (secondary N) is 1. The molecule has 0 aromatic heterocycles. The Bertz CT molecular complexity index is 1150. The normalized spacial score (nSPS) is 11.1. The zero-order valence-electron chi connectivity index (χ0n) is 17.6. The number of anilines is 2. The molecule has 0 aliphatic carbocycles. The molecule has 0 bridgehead atoms. The Morgan fingerprint density at radius 3 is 2.19 bits per heavy atom. The van der Waals surface area contributed by atoms with Gasteiger partial charge in [0, 0.05) is 15.6 Å². The molecule has 0 radical (unpaired) electrons. The lowest BCUT2D eigenvalue weighted by Gasteiger charge is -2.24. The maximum absolute atomic E-state index is 13.5. The quantitative estimate of drug-likeness (QED) is 0.412. The topological polar surface area (TPSA) is 75.7 Å². The predicted octanol–water partition coefficient (Wildman–Crippen LogP) is 5.29. The second kappa shape index (κ2) is 10.8. The van der Waals surface area contributed by atoms with Gasteiger partial charge in [0.1, 0.15) is 12.3 Å². The minimum Gasteiger partial charge on any atom is -0.494 e. The van der Waals surface area contributed by atoms with Gasteiger partial charge in [-0.1, -0.05) is 11.6 Å². The largest absolute Gasteiger partial charge is 0.494 e. The minimum absolute atomic E-state index is 0.100. The Labute approximate surface area is 197 Å². The molecule has 3 rings (SSSR count). The van der Waals surface area contributed by atoms with Crippen LogP contribution in [0.4, 0.5) is 11.4 Å². The van der Waals surface area contributed by atoms with E-state index in [4.69, 9.17) is 16.3 Å². The van der Waals surface area contributed by atoms with Crippen LogP contribution in [0.1, 0.15) is 6.92 Å². The highest BCUT2D eigenvalue weighted by Gasteiger charge is 2.27. The Hall–Kier alpha value is -2.68. The van der Waals surface area contributed by atoms with Crippen LogP contribution < -0.4 is 14.4 Å². The van der Waals surface area contributed by atoms with Gasteiger partial charge in [-0.3, -0.25) is 9.10 Å². The Balaban J connectivity index is 1.92. The number of sulfonamides is 1. The molecule has 0 saturated carbocycles. The smallest absolute Gasteiger partial charge is 0.264 e. The fourth-order valence-corrected chi connectivity index (χ4v) is 4.88. The van der Waals surface area contributed by atoms with Gasteiger partial charge >= 0.3 is 0 Å². The maximum atomic E-state index is 13.5. The van der Waals surface area contributed by atoms with Crippen molar-refractivity contribution >= 4 is 50.7 Å². The zero-order valence-corrected chi connectivity index (χ0v) is 20.0. The summed E-state index contributed by atoms with van der Waals surface area (Å²) in [6.07, 6.45) is 1.91. The van der Waals surface area contributed by atoms with Gasteiger partial charge in [-0.2, -0.15) is 0 Å². The summed E-state index contributed by atoms with van der Waals surface area (Å²) in [5.74, 6) is 0.133. The van der Waals surface area contributed by atoms with E-state index < -0.39 is 22.5 Å². The molecule has 0 saturated heterocycles. The third-order valence-electron chi connectivity index (χ3n) is 4.50. The van der Waals surface area contributed by atoms with E-state index in [1.165, 1.54) is 11.8 Å². The first-order chi connectivity index (χ1) is 15.3. The number of hydrogen-bond acceptors (Lipinski definition) is 5. The van der Waals surface area contributed by atoms with Crippen molar-refractivity contribution in [2.75, 3.05) is 29.0 Å². The average molecular weight is 491 g/mol. The number of ether oxygens (including phenoxy) is 1. The van der Waals surface area contributed by atoms with Gasteiger partial charge in [-0.15, -0.1) is 11.8 Å². The summed E-state index contributed by atoms with van der Waals surface area (Å²) in [6.45, 7) is 1.96. The second-order valence-corrected chi connectivity index (χ2v) is 9.85. The molecule has 0 aliphatic heterocycles. The number of hydrogen-bond donors (Lipinski definition) is 1. The van der Waals surface area contributed by atoms with E-state index in [0.717, 1.165) is 9.20 Å². The molecule has 0 fully saturated rings. The molecule has 9 heteroatoms. The monoisotopic (exact) mass is 490 g/mol. The summed E-state index contributed by atoms with van der Waals surface area (Å²) in [5.41, 5.74) is 0.876. The molecule has 1 N–H and O–H groups in total. The lowest BCUT2D eigenvalue weighted by Crippen LogP contribution is -2.38. The lowest BCUT2D eigenvalue weighted by molar-refractivity contribution is -0.114. The molecule has 0 heterocycles. The summed E-state index contributed by atoms with van der Waals surface area (Å²) >= 11 is 7.40. The van der Waals surface area contributed by atoms with Crippen LogP contribution in [0.5, 0.6) is 5.75 Å². The fourth-order valence-electron chi connectivity index (χ4n) is 2.93. The number of benzene rings is 3. The van der Waals surface area contributed by atoms with Crippen molar-refractivity contribution < 1.29 is 17.9 Å². The minimum atomic E-state index is -4.00. The van der Waals surface area contributed by atoms with Gasteiger partial charge in [0.15, 0.2) is 0 Å². The summed E-state index contributed by atoms with van der Waals surface area (Å²) < 4.78 is 33.5. The number of rotatable bonds is 9. The van der Waals surface area contributed by atoms with Crippen LogP contribution in [0.25, 0.3) is 0 Å². The first-order valence-electron chi connectivity index (χ1n) is 9.78. The van der Waals surface area contributed by atoms with E-state index in [2.05, 4.69) is 5.32 Å². The van der Waals surface area contributed by atoms with Gasteiger partial charge in [0.2, 0.25) is 5.91 Å². The number of nitrogens with zero attached hydrogens (tertiary/aromatic N) is 1. The summed E-state index contributed by atoms with van der Waals surface area (Å²) in [5, 5.41) is 3.25. The highest BCUT2D eigenvalue weighted by molar-refractivity contribution is 7.98. The molecule has 0 atom stereocenters. The van der Waals surface area contributed by atoms with Crippen molar-refractivity contribution in [2.45, 2.75) is 16.7 Å². The summed E-state index contributed by atoms with van der Waals surface area (Å²) in [6, 6.07) is 19.7.